The van der Waals surface area contributed by atoms with Crippen LogP contribution in [0.3, 0.4) is 0 Å². The zero-order valence-electron chi connectivity index (χ0n) is 46.2. The van der Waals surface area contributed by atoms with Gasteiger partial charge in [-0.2, -0.15) is 0 Å². The first-order valence-corrected chi connectivity index (χ1v) is 29.4. The minimum absolute atomic E-state index is 0.0101. The Morgan fingerprint density at radius 1 is 0.875 bits per heavy atom. The Labute approximate surface area is 471 Å². The van der Waals surface area contributed by atoms with Crippen LogP contribution < -0.4 is 25.6 Å². The Bertz CT molecular complexity index is 3090. The number of piperidine rings is 3. The summed E-state index contributed by atoms with van der Waals surface area (Å²) in [7, 11) is 0. The number of carbonyl (C=O) groups excluding carboxylic acids is 2. The standard InChI is InChI=1S/C60H75N11O8S/c1-36(2)55(59(75)71-34-43(72)28-50(71)58(74)64-37(3)40-9-11-41(12-10-40)56-38(4)63-35-80-56)52-32-53(67-79-52)70-23-14-39(15-24-70)33-68-21-16-44(17-22-68)77-45-29-46(30-45)78-54-27-42(13-20-62-54)60(76)18-25-69(26-19-60)49-31-48(65-66-57(49)61)47-7-5-6-8-51(47)73/h5-13,20,27,31-32,35-37,39,43-46,50,55,72-73,76H,14-19,21-26,28-30,33-34H2,1-4H3,(H2,61,66)(H,64,74)/t37-,43+,45-,46-,50-,55+/m0/s1. The average Bonchev–Trinajstić information content (AvgIpc) is 4.24. The molecule has 0 spiro atoms. The lowest BCUT2D eigenvalue weighted by molar-refractivity contribution is -0.141. The summed E-state index contributed by atoms with van der Waals surface area (Å²) in [5, 5.41) is 49.0. The summed E-state index contributed by atoms with van der Waals surface area (Å²) in [6, 6.07) is 21.5. The van der Waals surface area contributed by atoms with E-state index in [0.717, 1.165) is 110 Å². The first kappa shape index (κ1) is 55.2. The Morgan fingerprint density at radius 2 is 1.62 bits per heavy atom. The number of carbonyl (C=O) groups is 2. The van der Waals surface area contributed by atoms with Gasteiger partial charge in [0.05, 0.1) is 57.4 Å². The number of phenolic OH excluding ortho intramolecular Hbond substituents is 1. The second-order valence-corrected chi connectivity index (χ2v) is 24.0. The highest BCUT2D eigenvalue weighted by atomic mass is 32.1. The highest BCUT2D eigenvalue weighted by molar-refractivity contribution is 7.13. The number of nitrogens with two attached hydrogens (primary N) is 1. The Hall–Kier alpha value is -6.71. The highest BCUT2D eigenvalue weighted by Gasteiger charge is 2.44. The van der Waals surface area contributed by atoms with Crippen LogP contribution in [-0.4, -0.2) is 145 Å². The number of thiazole rings is 1. The topological polar surface area (TPSA) is 242 Å². The molecule has 0 unspecified atom stereocenters. The van der Waals surface area contributed by atoms with Crippen molar-refractivity contribution in [2.24, 2.45) is 11.8 Å². The number of β-amino-alcohol motifs (C(OH)–C–C–N with tert-alkyl or cyclic N) is 1. The minimum atomic E-state index is -1.05. The van der Waals surface area contributed by atoms with Crippen molar-refractivity contribution in [1.82, 2.24) is 40.4 Å². The molecule has 0 radical (unpaired) electrons. The fraction of sp³-hybridized carbons (Fsp3) is 0.517. The van der Waals surface area contributed by atoms with Gasteiger partial charge < -0.3 is 60.0 Å². The highest BCUT2D eigenvalue weighted by Crippen LogP contribution is 2.40. The molecule has 4 aromatic heterocycles. The average molecular weight is 1110 g/mol. The molecule has 8 heterocycles. The van der Waals surface area contributed by atoms with Crippen LogP contribution in [-0.2, 0) is 19.9 Å². The molecule has 1 aliphatic carbocycles. The number of nitrogens with zero attached hydrogens (tertiary/aromatic N) is 9. The number of hydrogen-bond acceptors (Lipinski definition) is 18. The van der Waals surface area contributed by atoms with Crippen molar-refractivity contribution >= 4 is 40.5 Å². The second kappa shape index (κ2) is 23.8. The molecule has 80 heavy (non-hydrogen) atoms. The lowest BCUT2D eigenvalue weighted by Gasteiger charge is -2.41. The van der Waals surface area contributed by atoms with Crippen molar-refractivity contribution in [2.45, 2.75) is 134 Å². The van der Waals surface area contributed by atoms with Gasteiger partial charge >= 0.3 is 0 Å². The molecular formula is C60H75N11O8S. The van der Waals surface area contributed by atoms with E-state index in [9.17, 15) is 24.9 Å². The van der Waals surface area contributed by atoms with Crippen molar-refractivity contribution in [3.63, 3.8) is 0 Å². The number of aliphatic hydroxyl groups excluding tert-OH is 1. The molecule has 2 aromatic carbocycles. The molecule has 6 N–H and O–H groups in total. The molecule has 4 aliphatic heterocycles. The van der Waals surface area contributed by atoms with Gasteiger partial charge in [-0.1, -0.05) is 55.4 Å². The van der Waals surface area contributed by atoms with Gasteiger partial charge in [-0.25, -0.2) is 9.97 Å². The molecule has 19 nitrogen and oxygen atoms in total. The van der Waals surface area contributed by atoms with Crippen LogP contribution in [0.5, 0.6) is 11.6 Å². The normalized spacial score (nSPS) is 22.8. The van der Waals surface area contributed by atoms with E-state index in [1.54, 1.807) is 35.7 Å². The Kier molecular flexibility index (Phi) is 16.4. The predicted octanol–water partition coefficient (Wildman–Crippen LogP) is 7.62. The lowest BCUT2D eigenvalue weighted by Crippen LogP contribution is -2.48. The van der Waals surface area contributed by atoms with Crippen LogP contribution in [0.4, 0.5) is 17.3 Å². The van der Waals surface area contributed by atoms with Gasteiger partial charge in [0.15, 0.2) is 17.4 Å². The Morgan fingerprint density at radius 3 is 2.34 bits per heavy atom. The third kappa shape index (κ3) is 12.1. The summed E-state index contributed by atoms with van der Waals surface area (Å²) in [4.78, 5) is 46.7. The number of pyridine rings is 1. The lowest BCUT2D eigenvalue weighted by atomic mass is 9.84. The van der Waals surface area contributed by atoms with E-state index >= 15 is 0 Å². The van der Waals surface area contributed by atoms with Crippen LogP contribution >= 0.6 is 11.3 Å². The molecule has 6 aromatic rings. The van der Waals surface area contributed by atoms with Crippen LogP contribution in [0, 0.1) is 18.8 Å². The summed E-state index contributed by atoms with van der Waals surface area (Å²) in [6.45, 7) is 13.8. The number of nitrogen functional groups attached to an aromatic ring is 1. The third-order valence-electron chi connectivity index (χ3n) is 17.3. The molecule has 5 fully saturated rings. The number of ether oxygens (including phenoxy) is 2. The number of rotatable bonds is 17. The number of anilines is 3. The number of aromatic nitrogens is 5. The first-order valence-electron chi connectivity index (χ1n) is 28.6. The number of aliphatic hydroxyl groups is 2. The summed E-state index contributed by atoms with van der Waals surface area (Å²) < 4.78 is 18.9. The van der Waals surface area contributed by atoms with Gasteiger partial charge in [-0.3, -0.25) is 9.59 Å². The molecule has 2 amide bonds. The van der Waals surface area contributed by atoms with Crippen LogP contribution in [0.25, 0.3) is 21.7 Å². The maximum Gasteiger partial charge on any atom is 0.243 e. The van der Waals surface area contributed by atoms with Crippen LogP contribution in [0.1, 0.15) is 113 Å². The van der Waals surface area contributed by atoms with E-state index < -0.39 is 23.7 Å². The summed E-state index contributed by atoms with van der Waals surface area (Å²) in [5.41, 5.74) is 12.7. The van der Waals surface area contributed by atoms with Crippen molar-refractivity contribution in [1.29, 1.82) is 0 Å². The number of aromatic hydroxyl groups is 1. The van der Waals surface area contributed by atoms with Crippen LogP contribution in [0.15, 0.2) is 89.0 Å². The number of hydrogen-bond donors (Lipinski definition) is 5. The summed E-state index contributed by atoms with van der Waals surface area (Å²) in [6.07, 6.45) is 8.11. The maximum atomic E-state index is 14.4. The van der Waals surface area contributed by atoms with Gasteiger partial charge in [-0.05, 0) is 105 Å². The largest absolute Gasteiger partial charge is 0.507 e. The fourth-order valence-corrected chi connectivity index (χ4v) is 13.2. The zero-order chi connectivity index (χ0) is 55.7. The van der Waals surface area contributed by atoms with E-state index in [-0.39, 0.29) is 60.8 Å². The molecular weight excluding hydrogens is 1030 g/mol. The molecule has 4 atom stereocenters. The number of para-hydroxylation sites is 1. The molecule has 1 saturated carbocycles. The van der Waals surface area contributed by atoms with Crippen molar-refractivity contribution in [2.75, 3.05) is 67.9 Å². The van der Waals surface area contributed by atoms with E-state index in [1.165, 1.54) is 4.90 Å². The SMILES string of the molecule is Cc1ncsc1-c1ccc([C@H](C)NC(=O)[C@@H]2C[C@@H](O)CN2C(=O)[C@@H](c2cc(N3CCC(CN4CCC(O[C@H]5C[C@H](Oc6cc(C7(O)CCN(c8cc(-c9ccccc9O)nnc8N)CC7)ccn6)C5)CC4)CC3)no2)C(C)C)cc1. The molecule has 424 valence electrons. The molecule has 0 bridgehead atoms. The first-order chi connectivity index (χ1) is 38.6. The van der Waals surface area contributed by atoms with Crippen LogP contribution in [0.2, 0.25) is 0 Å². The minimum Gasteiger partial charge on any atom is -0.507 e. The van der Waals surface area contributed by atoms with Crippen molar-refractivity contribution in [3.05, 3.63) is 107 Å². The molecule has 4 saturated heterocycles. The number of aryl methyl sites for hydroxylation is 1. The van der Waals surface area contributed by atoms with Gasteiger partial charge in [-0.15, -0.1) is 21.5 Å². The smallest absolute Gasteiger partial charge is 0.243 e. The van der Waals surface area contributed by atoms with E-state index in [4.69, 9.17) is 19.7 Å². The quantitative estimate of drug-likeness (QED) is 0.0590. The fourth-order valence-electron chi connectivity index (χ4n) is 12.4. The number of likely N-dealkylation sites (tertiary alicyclic amines) is 2. The van der Waals surface area contributed by atoms with E-state index in [1.807, 2.05) is 87.8 Å². The monoisotopic (exact) mass is 1110 g/mol. The van der Waals surface area contributed by atoms with Crippen molar-refractivity contribution < 1.29 is 38.9 Å². The number of nitrogens with one attached hydrogen (secondary N) is 1. The molecule has 11 rings (SSSR count). The van der Waals surface area contributed by atoms with E-state index in [0.29, 0.717) is 60.6 Å². The van der Waals surface area contributed by atoms with Gasteiger partial charge in [0, 0.05) is 95.5 Å². The summed E-state index contributed by atoms with van der Waals surface area (Å²) >= 11 is 1.60. The summed E-state index contributed by atoms with van der Waals surface area (Å²) in [5.74, 6) is 1.37. The number of amides is 2. The second-order valence-electron chi connectivity index (χ2n) is 23.1. The molecule has 20 heteroatoms. The number of phenols is 1. The zero-order valence-corrected chi connectivity index (χ0v) is 47.0. The van der Waals surface area contributed by atoms with Gasteiger partial charge in [0.2, 0.25) is 17.7 Å². The maximum absolute atomic E-state index is 14.4. The Balaban J connectivity index is 0.594. The predicted molar refractivity (Wildman–Crippen MR) is 305 cm³/mol. The van der Waals surface area contributed by atoms with Gasteiger partial charge in [0.25, 0.3) is 0 Å². The van der Waals surface area contributed by atoms with E-state index in [2.05, 4.69) is 45.3 Å². The third-order valence-corrected chi connectivity index (χ3v) is 18.3. The number of benzene rings is 2. The molecule has 5 aliphatic rings. The van der Waals surface area contributed by atoms with Gasteiger partial charge in [0.1, 0.15) is 23.8 Å². The van der Waals surface area contributed by atoms with Crippen molar-refractivity contribution in [3.8, 4) is 33.3 Å².